The van der Waals surface area contributed by atoms with Crippen molar-refractivity contribution in [2.75, 3.05) is 0 Å². The lowest BCUT2D eigenvalue weighted by Gasteiger charge is -2.25. The molecule has 1 unspecified atom stereocenters. The van der Waals surface area contributed by atoms with Crippen LogP contribution in [-0.4, -0.2) is 16.1 Å². The minimum Gasteiger partial charge on any atom is -0.480 e. The predicted molar refractivity (Wildman–Crippen MR) is 97.3 cm³/mol. The molecule has 0 radical (unpaired) electrons. The summed E-state index contributed by atoms with van der Waals surface area (Å²) in [5.74, 6) is -0.536. The van der Waals surface area contributed by atoms with E-state index in [1.807, 2.05) is 24.3 Å². The Balaban J connectivity index is 1.90. The Hall–Kier alpha value is -2.50. The number of nitrogens with one attached hydrogen (secondary N) is 1. The van der Waals surface area contributed by atoms with E-state index in [9.17, 15) is 4.79 Å². The molecule has 1 aliphatic rings. The van der Waals surface area contributed by atoms with Crippen LogP contribution in [0.25, 0.3) is 22.2 Å². The van der Waals surface area contributed by atoms with Crippen molar-refractivity contribution in [3.8, 4) is 11.3 Å². The lowest BCUT2D eigenvalue weighted by Crippen LogP contribution is -2.40. The summed E-state index contributed by atoms with van der Waals surface area (Å²) in [6, 6.07) is 10.7. The Morgan fingerprint density at radius 3 is 2.76 bits per heavy atom. The minimum absolute atomic E-state index is 0.392. The molecular formula is C18H13Cl2N3O2. The first-order chi connectivity index (χ1) is 12.0. The third kappa shape index (κ3) is 2.47. The molecule has 25 heavy (non-hydrogen) atoms. The number of halogens is 2. The summed E-state index contributed by atoms with van der Waals surface area (Å²) in [5, 5.41) is 9.20. The molecule has 0 aliphatic carbocycles. The molecule has 1 aliphatic heterocycles. The summed E-state index contributed by atoms with van der Waals surface area (Å²) in [6.07, 6.45) is 3.67. The molecule has 0 bridgehead atoms. The normalized spacial score (nSPS) is 19.3. The topological polar surface area (TPSA) is 81.0 Å². The van der Waals surface area contributed by atoms with Gasteiger partial charge < -0.3 is 10.5 Å². The Morgan fingerprint density at radius 1 is 1.24 bits per heavy atom. The SMILES string of the molecule is NC(=O)C1(c2ccc3[nH]nc(-c4ccc(Cl)cc4Cl)c3c2)CC=CO1. The molecule has 0 spiro atoms. The number of fused-ring (bicyclic) bond motifs is 1. The Labute approximate surface area is 153 Å². The van der Waals surface area contributed by atoms with Crippen LogP contribution in [0.2, 0.25) is 10.0 Å². The zero-order valence-electron chi connectivity index (χ0n) is 12.9. The standard InChI is InChI=1S/C18H13Cl2N3O2/c19-11-3-4-12(14(20)9-11)16-13-8-10(2-5-15(13)22-23-16)18(17(21)24)6-1-7-25-18/h1-5,7-9H,6H2,(H2,21,24)(H,22,23). The van der Waals surface area contributed by atoms with Crippen LogP contribution in [0.4, 0.5) is 0 Å². The highest BCUT2D eigenvalue weighted by molar-refractivity contribution is 6.36. The molecule has 7 heteroatoms. The van der Waals surface area contributed by atoms with Crippen molar-refractivity contribution >= 4 is 40.0 Å². The minimum atomic E-state index is -1.19. The smallest absolute Gasteiger partial charge is 0.266 e. The van der Waals surface area contributed by atoms with Gasteiger partial charge in [-0.3, -0.25) is 9.89 Å². The highest BCUT2D eigenvalue weighted by Crippen LogP contribution is 2.38. The van der Waals surface area contributed by atoms with Crippen LogP contribution in [-0.2, 0) is 15.1 Å². The number of aromatic nitrogens is 2. The lowest BCUT2D eigenvalue weighted by molar-refractivity contribution is -0.136. The third-order valence-electron chi connectivity index (χ3n) is 4.38. The summed E-state index contributed by atoms with van der Waals surface area (Å²) in [4.78, 5) is 12.0. The molecule has 1 amide bonds. The van der Waals surface area contributed by atoms with Crippen molar-refractivity contribution in [1.29, 1.82) is 0 Å². The fraction of sp³-hybridized carbons (Fsp3) is 0.111. The molecule has 3 N–H and O–H groups in total. The molecule has 3 aromatic rings. The van der Waals surface area contributed by atoms with E-state index in [0.29, 0.717) is 27.7 Å². The molecule has 126 valence electrons. The fourth-order valence-corrected chi connectivity index (χ4v) is 3.56. The number of carbonyl (C=O) groups is 1. The van der Waals surface area contributed by atoms with Crippen LogP contribution in [0.15, 0.2) is 48.7 Å². The van der Waals surface area contributed by atoms with Crippen molar-refractivity contribution in [2.45, 2.75) is 12.0 Å². The first-order valence-electron chi connectivity index (χ1n) is 7.58. The van der Waals surface area contributed by atoms with E-state index in [0.717, 1.165) is 16.5 Å². The fourth-order valence-electron chi connectivity index (χ4n) is 3.07. The van der Waals surface area contributed by atoms with Crippen molar-refractivity contribution in [3.63, 3.8) is 0 Å². The number of rotatable bonds is 3. The van der Waals surface area contributed by atoms with E-state index in [1.54, 1.807) is 18.2 Å². The Morgan fingerprint density at radius 2 is 2.08 bits per heavy atom. The third-order valence-corrected chi connectivity index (χ3v) is 4.93. The Kier molecular flexibility index (Phi) is 3.71. The monoisotopic (exact) mass is 373 g/mol. The van der Waals surface area contributed by atoms with Crippen LogP contribution >= 0.6 is 23.2 Å². The molecule has 0 saturated heterocycles. The van der Waals surface area contributed by atoms with E-state index in [1.165, 1.54) is 6.26 Å². The average Bonchev–Trinajstić information content (AvgIpc) is 3.22. The zero-order valence-corrected chi connectivity index (χ0v) is 14.4. The van der Waals surface area contributed by atoms with Gasteiger partial charge in [-0.05, 0) is 36.4 Å². The number of carbonyl (C=O) groups excluding carboxylic acids is 1. The van der Waals surface area contributed by atoms with Gasteiger partial charge >= 0.3 is 0 Å². The van der Waals surface area contributed by atoms with Crippen LogP contribution in [0, 0.1) is 0 Å². The highest BCUT2D eigenvalue weighted by Gasteiger charge is 2.42. The summed E-state index contributed by atoms with van der Waals surface area (Å²) >= 11 is 12.3. The number of nitrogens with zero attached hydrogens (tertiary/aromatic N) is 1. The molecule has 0 saturated carbocycles. The van der Waals surface area contributed by atoms with Gasteiger partial charge in [-0.15, -0.1) is 0 Å². The number of primary amides is 1. The van der Waals surface area contributed by atoms with E-state index in [-0.39, 0.29) is 0 Å². The van der Waals surface area contributed by atoms with Crippen LogP contribution in [0.5, 0.6) is 0 Å². The summed E-state index contributed by atoms with van der Waals surface area (Å²) in [5.41, 5.74) is 7.32. The maximum absolute atomic E-state index is 12.0. The number of hydrogen-bond acceptors (Lipinski definition) is 3. The van der Waals surface area contributed by atoms with Crippen LogP contribution < -0.4 is 5.73 Å². The second kappa shape index (κ2) is 5.79. The summed E-state index contributed by atoms with van der Waals surface area (Å²) < 4.78 is 5.57. The van der Waals surface area contributed by atoms with E-state index in [4.69, 9.17) is 33.7 Å². The molecule has 2 heterocycles. The van der Waals surface area contributed by atoms with Gasteiger partial charge in [0.25, 0.3) is 5.91 Å². The van der Waals surface area contributed by atoms with Crippen molar-refractivity contribution in [2.24, 2.45) is 5.73 Å². The highest BCUT2D eigenvalue weighted by atomic mass is 35.5. The van der Waals surface area contributed by atoms with Gasteiger partial charge in [0.15, 0.2) is 0 Å². The number of H-pyrrole nitrogens is 1. The summed E-state index contributed by atoms with van der Waals surface area (Å²) in [7, 11) is 0. The number of benzene rings is 2. The molecule has 2 aromatic carbocycles. The number of amides is 1. The van der Waals surface area contributed by atoms with E-state index >= 15 is 0 Å². The van der Waals surface area contributed by atoms with Gasteiger partial charge in [0.1, 0.15) is 5.69 Å². The lowest BCUT2D eigenvalue weighted by atomic mass is 9.89. The molecule has 4 rings (SSSR count). The molecule has 0 fully saturated rings. The maximum atomic E-state index is 12.0. The van der Waals surface area contributed by atoms with Gasteiger partial charge in [-0.25, -0.2) is 0 Å². The zero-order chi connectivity index (χ0) is 17.6. The quantitative estimate of drug-likeness (QED) is 0.723. The molecule has 1 aromatic heterocycles. The van der Waals surface area contributed by atoms with Crippen LogP contribution in [0.1, 0.15) is 12.0 Å². The average molecular weight is 374 g/mol. The van der Waals surface area contributed by atoms with Crippen molar-refractivity contribution in [3.05, 3.63) is 64.3 Å². The van der Waals surface area contributed by atoms with Gasteiger partial charge in [0.2, 0.25) is 5.60 Å². The molecular weight excluding hydrogens is 361 g/mol. The second-order valence-electron chi connectivity index (χ2n) is 5.84. The Bertz CT molecular complexity index is 1020. The van der Waals surface area contributed by atoms with Crippen molar-refractivity contribution in [1.82, 2.24) is 10.2 Å². The first kappa shape index (κ1) is 16.0. The first-order valence-corrected chi connectivity index (χ1v) is 8.33. The van der Waals surface area contributed by atoms with Gasteiger partial charge in [-0.2, -0.15) is 5.10 Å². The number of ether oxygens (including phenoxy) is 1. The number of aromatic amines is 1. The van der Waals surface area contributed by atoms with Gasteiger partial charge in [0, 0.05) is 28.0 Å². The van der Waals surface area contributed by atoms with Gasteiger partial charge in [-0.1, -0.05) is 29.3 Å². The number of hydrogen-bond donors (Lipinski definition) is 2. The van der Waals surface area contributed by atoms with E-state index in [2.05, 4.69) is 10.2 Å². The number of nitrogens with two attached hydrogens (primary N) is 1. The second-order valence-corrected chi connectivity index (χ2v) is 6.69. The van der Waals surface area contributed by atoms with E-state index < -0.39 is 11.5 Å². The van der Waals surface area contributed by atoms with Gasteiger partial charge in [0.05, 0.1) is 16.8 Å². The summed E-state index contributed by atoms with van der Waals surface area (Å²) in [6.45, 7) is 0. The molecule has 1 atom stereocenters. The van der Waals surface area contributed by atoms with Crippen LogP contribution in [0.3, 0.4) is 0 Å². The molecule has 5 nitrogen and oxygen atoms in total. The largest absolute Gasteiger partial charge is 0.480 e. The predicted octanol–water partition coefficient (Wildman–Crippen LogP) is 4.15. The maximum Gasteiger partial charge on any atom is 0.266 e. The van der Waals surface area contributed by atoms with Crippen molar-refractivity contribution < 1.29 is 9.53 Å².